The van der Waals surface area contributed by atoms with Gasteiger partial charge in [-0.1, -0.05) is 11.6 Å². The van der Waals surface area contributed by atoms with E-state index in [9.17, 15) is 14.5 Å². The zero-order valence-corrected chi connectivity index (χ0v) is 10.6. The number of non-ortho nitro benzene ring substituents is 1. The summed E-state index contributed by atoms with van der Waals surface area (Å²) in [6, 6.07) is 9.00. The van der Waals surface area contributed by atoms with Crippen LogP contribution >= 0.6 is 11.6 Å². The Hall–Kier alpha value is -2.65. The van der Waals surface area contributed by atoms with Crippen molar-refractivity contribution in [1.82, 2.24) is 0 Å². The predicted octanol–water partition coefficient (Wildman–Crippen LogP) is 4.05. The number of hydrogen-bond donors (Lipinski definition) is 0. The number of rotatable bonds is 3. The van der Waals surface area contributed by atoms with Gasteiger partial charge in [-0.15, -0.1) is 0 Å². The molecule has 0 aliphatic heterocycles. The molecule has 100 valence electrons. The van der Waals surface area contributed by atoms with E-state index in [0.29, 0.717) is 0 Å². The van der Waals surface area contributed by atoms with Crippen LogP contribution in [-0.4, -0.2) is 4.92 Å². The van der Waals surface area contributed by atoms with Gasteiger partial charge in [0.05, 0.1) is 27.6 Å². The fourth-order valence-electron chi connectivity index (χ4n) is 1.46. The summed E-state index contributed by atoms with van der Waals surface area (Å²) in [4.78, 5) is 10.1. The molecule has 0 spiro atoms. The van der Waals surface area contributed by atoms with Crippen LogP contribution in [0, 0.1) is 27.3 Å². The lowest BCUT2D eigenvalue weighted by Crippen LogP contribution is -1.93. The lowest BCUT2D eigenvalue weighted by Gasteiger charge is -2.08. The zero-order chi connectivity index (χ0) is 14.7. The number of halogens is 2. The molecule has 2 rings (SSSR count). The van der Waals surface area contributed by atoms with E-state index in [-0.39, 0.29) is 27.8 Å². The van der Waals surface area contributed by atoms with Crippen LogP contribution in [0.5, 0.6) is 11.5 Å². The Bertz CT molecular complexity index is 728. The highest BCUT2D eigenvalue weighted by molar-refractivity contribution is 6.32. The molecule has 2 aromatic carbocycles. The Balaban J connectivity index is 2.37. The standard InChI is InChI=1S/C13H6ClFN2O3/c14-10-3-2-9(17(18)19)6-13(10)20-12-4-1-8(7-16)5-11(12)15/h1-6H. The number of nitro groups is 1. The minimum absolute atomic E-state index is 0.0375. The van der Waals surface area contributed by atoms with Crippen LogP contribution in [0.4, 0.5) is 10.1 Å². The first-order chi connectivity index (χ1) is 9.51. The van der Waals surface area contributed by atoms with Gasteiger partial charge in [-0.3, -0.25) is 10.1 Å². The van der Waals surface area contributed by atoms with Crippen molar-refractivity contribution in [2.45, 2.75) is 0 Å². The molecule has 7 heteroatoms. The van der Waals surface area contributed by atoms with Crippen molar-refractivity contribution in [2.24, 2.45) is 0 Å². The summed E-state index contributed by atoms with van der Waals surface area (Å²) in [7, 11) is 0. The second kappa shape index (κ2) is 5.55. The highest BCUT2D eigenvalue weighted by atomic mass is 35.5. The summed E-state index contributed by atoms with van der Waals surface area (Å²) in [5.74, 6) is -0.970. The first-order valence-electron chi connectivity index (χ1n) is 5.32. The van der Waals surface area contributed by atoms with Gasteiger partial charge in [0.25, 0.3) is 5.69 Å². The third kappa shape index (κ3) is 2.84. The topological polar surface area (TPSA) is 76.2 Å². The van der Waals surface area contributed by atoms with Gasteiger partial charge in [-0.2, -0.15) is 5.26 Å². The summed E-state index contributed by atoms with van der Waals surface area (Å²) < 4.78 is 18.9. The number of nitriles is 1. The molecule has 0 fully saturated rings. The van der Waals surface area contributed by atoms with E-state index in [0.717, 1.165) is 12.1 Å². The maximum atomic E-state index is 13.7. The first-order valence-corrected chi connectivity index (χ1v) is 5.70. The molecule has 0 saturated carbocycles. The van der Waals surface area contributed by atoms with E-state index in [4.69, 9.17) is 21.6 Å². The molecule has 20 heavy (non-hydrogen) atoms. The van der Waals surface area contributed by atoms with Crippen molar-refractivity contribution in [1.29, 1.82) is 5.26 Å². The number of benzene rings is 2. The minimum atomic E-state index is -0.758. The SMILES string of the molecule is N#Cc1ccc(Oc2cc([N+](=O)[O-])ccc2Cl)c(F)c1. The van der Waals surface area contributed by atoms with E-state index >= 15 is 0 Å². The molecule has 5 nitrogen and oxygen atoms in total. The normalized spacial score (nSPS) is 9.85. The summed E-state index contributed by atoms with van der Waals surface area (Å²) in [5, 5.41) is 19.4. The van der Waals surface area contributed by atoms with Crippen LogP contribution in [0.15, 0.2) is 36.4 Å². The van der Waals surface area contributed by atoms with Gasteiger partial charge in [-0.05, 0) is 24.3 Å². The monoisotopic (exact) mass is 292 g/mol. The average Bonchev–Trinajstić information content (AvgIpc) is 2.42. The molecule has 0 aromatic heterocycles. The maximum Gasteiger partial charge on any atom is 0.273 e. The fourth-order valence-corrected chi connectivity index (χ4v) is 1.61. The molecular weight excluding hydrogens is 287 g/mol. The van der Waals surface area contributed by atoms with Gasteiger partial charge >= 0.3 is 0 Å². The van der Waals surface area contributed by atoms with Gasteiger partial charge in [0.1, 0.15) is 0 Å². The lowest BCUT2D eigenvalue weighted by molar-refractivity contribution is -0.384. The van der Waals surface area contributed by atoms with E-state index in [2.05, 4.69) is 0 Å². The molecule has 0 unspecified atom stereocenters. The predicted molar refractivity (Wildman–Crippen MR) is 69.3 cm³/mol. The molecule has 0 N–H and O–H groups in total. The van der Waals surface area contributed by atoms with Crippen LogP contribution < -0.4 is 4.74 Å². The van der Waals surface area contributed by atoms with E-state index in [1.807, 2.05) is 0 Å². The second-order valence-corrected chi connectivity index (χ2v) is 4.14. The molecular formula is C13H6ClFN2O3. The summed E-state index contributed by atoms with van der Waals surface area (Å²) in [6.45, 7) is 0. The Morgan fingerprint density at radius 1 is 1.25 bits per heavy atom. The third-order valence-electron chi connectivity index (χ3n) is 2.41. The van der Waals surface area contributed by atoms with Gasteiger partial charge < -0.3 is 4.74 Å². The van der Waals surface area contributed by atoms with Crippen molar-refractivity contribution in [2.75, 3.05) is 0 Å². The molecule has 0 aliphatic carbocycles. The number of hydrogen-bond acceptors (Lipinski definition) is 4. The fraction of sp³-hybridized carbons (Fsp3) is 0. The second-order valence-electron chi connectivity index (χ2n) is 3.73. The number of nitrogens with zero attached hydrogens (tertiary/aromatic N) is 2. The molecule has 0 atom stereocenters. The van der Waals surface area contributed by atoms with Crippen LogP contribution in [0.25, 0.3) is 0 Å². The molecule has 0 radical (unpaired) electrons. The number of ether oxygens (including phenoxy) is 1. The molecule has 0 aliphatic rings. The minimum Gasteiger partial charge on any atom is -0.452 e. The van der Waals surface area contributed by atoms with E-state index < -0.39 is 10.7 Å². The molecule has 0 saturated heterocycles. The first kappa shape index (κ1) is 13.8. The Kier molecular flexibility index (Phi) is 3.82. The molecule has 0 bridgehead atoms. The highest BCUT2D eigenvalue weighted by Crippen LogP contribution is 2.33. The lowest BCUT2D eigenvalue weighted by atomic mass is 10.2. The largest absolute Gasteiger partial charge is 0.452 e. The maximum absolute atomic E-state index is 13.7. The van der Waals surface area contributed by atoms with Crippen molar-refractivity contribution in [3.8, 4) is 17.6 Å². The van der Waals surface area contributed by atoms with Crippen LogP contribution in [0.2, 0.25) is 5.02 Å². The summed E-state index contributed by atoms with van der Waals surface area (Å²) in [5.41, 5.74) is -0.0848. The summed E-state index contributed by atoms with van der Waals surface area (Å²) >= 11 is 5.84. The number of nitro benzene ring substituents is 1. The van der Waals surface area contributed by atoms with Gasteiger partial charge in [0.2, 0.25) is 0 Å². The smallest absolute Gasteiger partial charge is 0.273 e. The Labute approximate surface area is 117 Å². The van der Waals surface area contributed by atoms with Crippen molar-refractivity contribution in [3.05, 3.63) is 62.9 Å². The summed E-state index contributed by atoms with van der Waals surface area (Å²) in [6.07, 6.45) is 0. The van der Waals surface area contributed by atoms with Crippen molar-refractivity contribution < 1.29 is 14.1 Å². The zero-order valence-electron chi connectivity index (χ0n) is 9.84. The molecule has 0 amide bonds. The van der Waals surface area contributed by atoms with Crippen LogP contribution in [-0.2, 0) is 0 Å². The molecule has 0 heterocycles. The molecule has 2 aromatic rings. The highest BCUT2D eigenvalue weighted by Gasteiger charge is 2.13. The quantitative estimate of drug-likeness (QED) is 0.631. The van der Waals surface area contributed by atoms with Gasteiger partial charge in [0, 0.05) is 6.07 Å². The Morgan fingerprint density at radius 3 is 2.60 bits per heavy atom. The van der Waals surface area contributed by atoms with Gasteiger partial charge in [0.15, 0.2) is 17.3 Å². The Morgan fingerprint density at radius 2 is 2.00 bits per heavy atom. The van der Waals surface area contributed by atoms with E-state index in [1.165, 1.54) is 24.3 Å². The third-order valence-corrected chi connectivity index (χ3v) is 2.72. The van der Waals surface area contributed by atoms with Crippen molar-refractivity contribution in [3.63, 3.8) is 0 Å². The van der Waals surface area contributed by atoms with Gasteiger partial charge in [-0.25, -0.2) is 4.39 Å². The van der Waals surface area contributed by atoms with Crippen LogP contribution in [0.3, 0.4) is 0 Å². The van der Waals surface area contributed by atoms with Crippen LogP contribution in [0.1, 0.15) is 5.56 Å². The average molecular weight is 293 g/mol. The van der Waals surface area contributed by atoms with Crippen molar-refractivity contribution >= 4 is 17.3 Å². The van der Waals surface area contributed by atoms with E-state index in [1.54, 1.807) is 6.07 Å².